The molecule has 0 amide bonds. The summed E-state index contributed by atoms with van der Waals surface area (Å²) in [6.45, 7) is 6.22. The summed E-state index contributed by atoms with van der Waals surface area (Å²) in [4.78, 5) is 2.59. The van der Waals surface area contributed by atoms with Crippen molar-refractivity contribution in [1.82, 2.24) is 0 Å². The fourth-order valence-electron chi connectivity index (χ4n) is 0.680. The number of thiophene rings is 1. The van der Waals surface area contributed by atoms with Crippen molar-refractivity contribution in [2.75, 3.05) is 0 Å². The largest absolute Gasteiger partial charge is 0.311 e. The van der Waals surface area contributed by atoms with E-state index in [4.69, 9.17) is 11.8 Å². The molecule has 1 rings (SSSR count). The van der Waals surface area contributed by atoms with E-state index in [2.05, 4.69) is 4.85 Å². The molecule has 0 atom stereocenters. The molecule has 1 aromatic heterocycles. The van der Waals surface area contributed by atoms with Crippen LogP contribution in [-0.2, 0) is 6.54 Å². The second-order valence-electron chi connectivity index (χ2n) is 1.91. The molecule has 0 aromatic carbocycles. The molecule has 0 spiro atoms. The average molecular weight is 184 g/mol. The van der Waals surface area contributed by atoms with Gasteiger partial charge in [0.2, 0.25) is 0 Å². The number of rotatable bonds is 1. The summed E-state index contributed by atoms with van der Waals surface area (Å²) in [5.41, 5.74) is 0. The van der Waals surface area contributed by atoms with Crippen molar-refractivity contribution in [1.29, 1.82) is 5.26 Å². The monoisotopic (exact) mass is 184 g/mol. The second kappa shape index (κ2) is 3.29. The van der Waals surface area contributed by atoms with E-state index >= 15 is 0 Å². The highest BCUT2D eigenvalue weighted by atomic mass is 32.1. The maximum absolute atomic E-state index is 12.7. The maximum atomic E-state index is 12.7. The molecule has 0 unspecified atom stereocenters. The third kappa shape index (κ3) is 1.27. The minimum absolute atomic E-state index is 0.0148. The minimum Gasteiger partial charge on any atom is -0.311 e. The van der Waals surface area contributed by atoms with Crippen LogP contribution in [0.1, 0.15) is 9.75 Å². The van der Waals surface area contributed by atoms with Gasteiger partial charge in [0.15, 0.2) is 11.6 Å². The summed E-state index contributed by atoms with van der Waals surface area (Å²) in [5.74, 6) is -2.20. The first-order valence-electron chi connectivity index (χ1n) is 2.90. The van der Waals surface area contributed by atoms with Crippen LogP contribution in [0.15, 0.2) is 0 Å². The van der Waals surface area contributed by atoms with Gasteiger partial charge >= 0.3 is 0 Å². The maximum Gasteiger partial charge on any atom is 0.251 e. The van der Waals surface area contributed by atoms with Crippen LogP contribution >= 0.6 is 11.3 Å². The summed E-state index contributed by atoms with van der Waals surface area (Å²) < 4.78 is 25.4. The van der Waals surface area contributed by atoms with Gasteiger partial charge in [0.25, 0.3) is 6.54 Å². The van der Waals surface area contributed by atoms with E-state index in [-0.39, 0.29) is 16.3 Å². The Balaban J connectivity index is 3.20. The molecule has 0 aliphatic heterocycles. The van der Waals surface area contributed by atoms with Crippen LogP contribution in [0.25, 0.3) is 4.85 Å². The van der Waals surface area contributed by atoms with Gasteiger partial charge in [-0.25, -0.2) is 15.4 Å². The van der Waals surface area contributed by atoms with Crippen molar-refractivity contribution in [2.24, 2.45) is 0 Å². The van der Waals surface area contributed by atoms with Gasteiger partial charge in [0, 0.05) is 0 Å². The van der Waals surface area contributed by atoms with E-state index in [1.807, 2.05) is 0 Å². The van der Waals surface area contributed by atoms with Crippen LogP contribution in [0.2, 0.25) is 0 Å². The molecule has 60 valence electrons. The summed E-state index contributed by atoms with van der Waals surface area (Å²) in [6.07, 6.45) is 0. The zero-order valence-corrected chi connectivity index (χ0v) is 6.58. The molecule has 1 heterocycles. The fraction of sp³-hybridized carbons (Fsp3) is 0.143. The Kier molecular flexibility index (Phi) is 2.37. The third-order valence-electron chi connectivity index (χ3n) is 1.19. The molecule has 5 heteroatoms. The Hall–Kier alpha value is -1.46. The Bertz CT molecular complexity index is 383. The van der Waals surface area contributed by atoms with Gasteiger partial charge < -0.3 is 4.85 Å². The summed E-state index contributed by atoms with van der Waals surface area (Å²) >= 11 is 0.686. The van der Waals surface area contributed by atoms with Gasteiger partial charge in [-0.2, -0.15) is 5.26 Å². The number of hydrogen-bond acceptors (Lipinski definition) is 2. The Morgan fingerprint density at radius 3 is 2.58 bits per heavy atom. The quantitative estimate of drug-likeness (QED) is 0.615. The van der Waals surface area contributed by atoms with Gasteiger partial charge in [0.05, 0.1) is 0 Å². The van der Waals surface area contributed by atoms with Gasteiger partial charge in [-0.3, -0.25) is 0 Å². The number of nitrogens with zero attached hydrogens (tertiary/aromatic N) is 2. The molecular formula is C7H2F2N2S. The molecule has 0 saturated carbocycles. The summed E-state index contributed by atoms with van der Waals surface area (Å²) in [6, 6.07) is 1.52. The Labute approximate surface area is 71.5 Å². The van der Waals surface area contributed by atoms with E-state index in [0.29, 0.717) is 11.3 Å². The van der Waals surface area contributed by atoms with Gasteiger partial charge in [-0.1, -0.05) is 0 Å². The van der Waals surface area contributed by atoms with Crippen molar-refractivity contribution in [3.63, 3.8) is 0 Å². The van der Waals surface area contributed by atoms with E-state index in [1.54, 1.807) is 0 Å². The lowest BCUT2D eigenvalue weighted by molar-refractivity contribution is 0.509. The van der Waals surface area contributed by atoms with E-state index in [1.165, 1.54) is 6.07 Å². The molecule has 12 heavy (non-hydrogen) atoms. The number of halogens is 2. The van der Waals surface area contributed by atoms with Crippen LogP contribution in [0.4, 0.5) is 8.78 Å². The zero-order valence-electron chi connectivity index (χ0n) is 5.77. The van der Waals surface area contributed by atoms with Crippen molar-refractivity contribution in [3.8, 4) is 6.07 Å². The first-order valence-corrected chi connectivity index (χ1v) is 3.72. The molecule has 1 aromatic rings. The smallest absolute Gasteiger partial charge is 0.251 e. The lowest BCUT2D eigenvalue weighted by atomic mass is 10.4. The first kappa shape index (κ1) is 8.63. The number of nitriles is 1. The molecule has 0 radical (unpaired) electrons. The topological polar surface area (TPSA) is 28.1 Å². The molecule has 0 bridgehead atoms. The lowest BCUT2D eigenvalue weighted by Crippen LogP contribution is -1.81. The number of hydrogen-bond donors (Lipinski definition) is 0. The van der Waals surface area contributed by atoms with Crippen LogP contribution in [0.5, 0.6) is 0 Å². The second-order valence-corrected chi connectivity index (χ2v) is 3.02. The highest BCUT2D eigenvalue weighted by molar-refractivity contribution is 7.12. The van der Waals surface area contributed by atoms with Gasteiger partial charge in [0.1, 0.15) is 15.8 Å². The molecule has 0 aliphatic rings. The molecular weight excluding hydrogens is 182 g/mol. The fourth-order valence-corrected chi connectivity index (χ4v) is 1.46. The molecule has 2 nitrogen and oxygen atoms in total. The predicted octanol–water partition coefficient (Wildman–Crippen LogP) is 2.32. The van der Waals surface area contributed by atoms with E-state index in [9.17, 15) is 8.78 Å². The lowest BCUT2D eigenvalue weighted by Gasteiger charge is -1.81. The summed E-state index contributed by atoms with van der Waals surface area (Å²) in [7, 11) is 0. The van der Waals surface area contributed by atoms with Crippen molar-refractivity contribution >= 4 is 11.3 Å². The van der Waals surface area contributed by atoms with Crippen LogP contribution in [-0.4, -0.2) is 0 Å². The zero-order chi connectivity index (χ0) is 9.14. The molecule has 0 aliphatic carbocycles. The highest BCUT2D eigenvalue weighted by Crippen LogP contribution is 2.25. The average Bonchev–Trinajstić information content (AvgIpc) is 2.33. The Morgan fingerprint density at radius 1 is 1.50 bits per heavy atom. The molecule has 0 N–H and O–H groups in total. The first-order chi connectivity index (χ1) is 5.70. The third-order valence-corrected chi connectivity index (χ3v) is 2.22. The predicted molar refractivity (Wildman–Crippen MR) is 39.3 cm³/mol. The van der Waals surface area contributed by atoms with Crippen molar-refractivity contribution < 1.29 is 8.78 Å². The normalized spacial score (nSPS) is 9.00. The van der Waals surface area contributed by atoms with Gasteiger partial charge in [-0.05, 0) is 0 Å². The summed E-state index contributed by atoms with van der Waals surface area (Å²) in [5, 5.41) is 8.30. The van der Waals surface area contributed by atoms with E-state index in [0.717, 1.165) is 0 Å². The standard InChI is InChI=1S/C7H2F2N2S/c1-11-3-5-7(9)6(8)4(2-10)12-5/h3H2. The van der Waals surface area contributed by atoms with Crippen molar-refractivity contribution in [2.45, 2.75) is 6.54 Å². The molecule has 0 fully saturated rings. The SMILES string of the molecule is [C-]#[N+]Cc1sc(C#N)c(F)c1F. The van der Waals surface area contributed by atoms with Crippen LogP contribution in [0.3, 0.4) is 0 Å². The molecule has 0 saturated heterocycles. The van der Waals surface area contributed by atoms with Crippen LogP contribution in [0, 0.1) is 29.5 Å². The minimum atomic E-state index is -1.14. The van der Waals surface area contributed by atoms with Crippen LogP contribution < -0.4 is 0 Å². The van der Waals surface area contributed by atoms with Gasteiger partial charge in [-0.15, -0.1) is 11.3 Å². The highest BCUT2D eigenvalue weighted by Gasteiger charge is 2.19. The van der Waals surface area contributed by atoms with Crippen molar-refractivity contribution in [3.05, 3.63) is 32.8 Å². The van der Waals surface area contributed by atoms with E-state index < -0.39 is 11.6 Å². The Morgan fingerprint density at radius 2 is 2.17 bits per heavy atom.